The van der Waals surface area contributed by atoms with E-state index in [0.717, 1.165) is 24.2 Å². The Kier molecular flexibility index (Phi) is 22.9. The molecular weight excluding hydrogens is 496 g/mol. The van der Waals surface area contributed by atoms with Crippen molar-refractivity contribution in [3.8, 4) is 0 Å². The molecule has 4 amide bonds. The van der Waals surface area contributed by atoms with Crippen LogP contribution in [0.1, 0.15) is 66.2 Å². The number of nitrogens with one attached hydrogen (secondary N) is 2. The Bertz CT molecular complexity index is 723. The first-order valence-corrected chi connectivity index (χ1v) is 13.0. The maximum absolute atomic E-state index is 11.6. The predicted molar refractivity (Wildman–Crippen MR) is 143 cm³/mol. The van der Waals surface area contributed by atoms with Gasteiger partial charge in [-0.15, -0.1) is 0 Å². The summed E-state index contributed by atoms with van der Waals surface area (Å²) in [5.74, 6) is -0.656. The molecule has 220 valence electrons. The fourth-order valence-corrected chi connectivity index (χ4v) is 2.91. The minimum Gasteiger partial charge on any atom is -0.467 e. The number of rotatable bonds is 15. The molecule has 0 saturated heterocycles. The molecule has 0 aliphatic carbocycles. The fraction of sp³-hybridized carbons (Fsp3) is 0.731. The molecule has 1 heterocycles. The van der Waals surface area contributed by atoms with Gasteiger partial charge in [-0.25, -0.2) is 4.79 Å². The minimum atomic E-state index is -0.544. The number of methoxy groups -OCH3 is 1. The molecule has 6 N–H and O–H groups in total. The van der Waals surface area contributed by atoms with Crippen molar-refractivity contribution in [2.24, 2.45) is 17.6 Å². The van der Waals surface area contributed by atoms with Crippen molar-refractivity contribution >= 4 is 29.6 Å². The number of aliphatic hydroxyl groups excluding tert-OH is 2. The van der Waals surface area contributed by atoms with Crippen LogP contribution in [0.3, 0.4) is 0 Å². The number of aliphatic hydroxyl groups is 2. The van der Waals surface area contributed by atoms with Gasteiger partial charge in [-0.2, -0.15) is 0 Å². The van der Waals surface area contributed by atoms with Crippen molar-refractivity contribution in [3.05, 3.63) is 12.2 Å². The standard InChI is InChI=1S/C12H24N2O3.C9H12N2O4.C5H12O/c1-9(2)8-11(15)14-10(12(16)17-3)6-4-5-7-13;12-6-4-10-7(13)3-5-11-8(14)1-2-9(11)15;1-5(2)3-4-6/h9-10H,4-8,13H2,1-3H3,(H,14,15);1-2,12H,3-6H2,(H,10,13);5-6H,3-4H2,1-2H3. The monoisotopic (exact) mass is 544 g/mol. The van der Waals surface area contributed by atoms with Crippen LogP contribution < -0.4 is 16.4 Å². The summed E-state index contributed by atoms with van der Waals surface area (Å²) < 4.78 is 4.66. The van der Waals surface area contributed by atoms with Gasteiger partial charge in [0.2, 0.25) is 11.8 Å². The zero-order valence-electron chi connectivity index (χ0n) is 23.5. The summed E-state index contributed by atoms with van der Waals surface area (Å²) in [6.45, 7) is 9.15. The van der Waals surface area contributed by atoms with E-state index in [1.807, 2.05) is 13.8 Å². The van der Waals surface area contributed by atoms with Crippen molar-refractivity contribution in [3.63, 3.8) is 0 Å². The van der Waals surface area contributed by atoms with Crippen molar-refractivity contribution in [2.75, 3.05) is 40.0 Å². The number of ether oxygens (including phenoxy) is 1. The molecule has 38 heavy (non-hydrogen) atoms. The van der Waals surface area contributed by atoms with Crippen LogP contribution in [0.5, 0.6) is 0 Å². The molecule has 12 heteroatoms. The summed E-state index contributed by atoms with van der Waals surface area (Å²) in [7, 11) is 1.33. The van der Waals surface area contributed by atoms with Crippen molar-refractivity contribution < 1.29 is 38.9 Å². The molecule has 0 radical (unpaired) electrons. The SMILES string of the molecule is CC(C)CCO.COC(=O)C(CCCCN)NC(=O)CC(C)C.O=C(CCN1C(=O)C=CC1=O)NCCO. The van der Waals surface area contributed by atoms with Crippen LogP contribution in [-0.4, -0.2) is 90.7 Å². The highest BCUT2D eigenvalue weighted by Crippen LogP contribution is 2.05. The summed E-state index contributed by atoms with van der Waals surface area (Å²) >= 11 is 0. The largest absolute Gasteiger partial charge is 0.467 e. The van der Waals surface area contributed by atoms with Crippen LogP contribution in [0.2, 0.25) is 0 Å². The molecule has 0 saturated carbocycles. The summed E-state index contributed by atoms with van der Waals surface area (Å²) in [4.78, 5) is 57.2. The Balaban J connectivity index is 0. The first kappa shape index (κ1) is 37.3. The van der Waals surface area contributed by atoms with Crippen LogP contribution in [0.4, 0.5) is 0 Å². The molecule has 0 bridgehead atoms. The van der Waals surface area contributed by atoms with Gasteiger partial charge >= 0.3 is 5.97 Å². The fourth-order valence-electron chi connectivity index (χ4n) is 2.91. The lowest BCUT2D eigenvalue weighted by Gasteiger charge is -2.17. The third kappa shape index (κ3) is 20.3. The molecule has 0 aromatic heterocycles. The van der Waals surface area contributed by atoms with Gasteiger partial charge in [-0.05, 0) is 44.1 Å². The highest BCUT2D eigenvalue weighted by molar-refractivity contribution is 6.13. The summed E-state index contributed by atoms with van der Waals surface area (Å²) in [5, 5.41) is 21.8. The number of carbonyl (C=O) groups is 5. The number of unbranched alkanes of at least 4 members (excludes halogenated alkanes) is 1. The van der Waals surface area contributed by atoms with Gasteiger partial charge in [0.05, 0.1) is 13.7 Å². The third-order valence-electron chi connectivity index (χ3n) is 4.96. The number of amides is 4. The molecule has 0 fully saturated rings. The quantitative estimate of drug-likeness (QED) is 0.109. The van der Waals surface area contributed by atoms with E-state index in [9.17, 15) is 24.0 Å². The lowest BCUT2D eigenvalue weighted by atomic mass is 10.1. The number of carbonyl (C=O) groups excluding carboxylic acids is 5. The van der Waals surface area contributed by atoms with Crippen LogP contribution in [0, 0.1) is 11.8 Å². The normalized spacial score (nSPS) is 12.9. The first-order chi connectivity index (χ1) is 17.9. The van der Waals surface area contributed by atoms with E-state index < -0.39 is 17.9 Å². The molecule has 1 atom stereocenters. The van der Waals surface area contributed by atoms with Crippen molar-refractivity contribution in [1.29, 1.82) is 0 Å². The molecule has 1 unspecified atom stereocenters. The molecule has 12 nitrogen and oxygen atoms in total. The number of nitrogens with two attached hydrogens (primary N) is 1. The van der Waals surface area contributed by atoms with E-state index >= 15 is 0 Å². The van der Waals surface area contributed by atoms with Crippen LogP contribution in [0.15, 0.2) is 12.2 Å². The van der Waals surface area contributed by atoms with Crippen molar-refractivity contribution in [2.45, 2.75) is 72.3 Å². The number of hydrogen-bond acceptors (Lipinski definition) is 9. The summed E-state index contributed by atoms with van der Waals surface area (Å²) in [6, 6.07) is -0.544. The Morgan fingerprint density at radius 1 is 0.947 bits per heavy atom. The maximum atomic E-state index is 11.6. The lowest BCUT2D eigenvalue weighted by Crippen LogP contribution is -2.41. The molecular formula is C26H48N4O8. The summed E-state index contributed by atoms with van der Waals surface area (Å²) in [5.41, 5.74) is 5.39. The first-order valence-electron chi connectivity index (χ1n) is 13.0. The smallest absolute Gasteiger partial charge is 0.328 e. The predicted octanol–water partition coefficient (Wildman–Crippen LogP) is 0.254. The highest BCUT2D eigenvalue weighted by Gasteiger charge is 2.23. The lowest BCUT2D eigenvalue weighted by molar-refractivity contribution is -0.145. The van der Waals surface area contributed by atoms with Gasteiger partial charge in [-0.3, -0.25) is 24.1 Å². The van der Waals surface area contributed by atoms with E-state index in [1.165, 1.54) is 19.3 Å². The Morgan fingerprint density at radius 2 is 1.55 bits per heavy atom. The van der Waals surface area contributed by atoms with Gasteiger partial charge in [0, 0.05) is 44.7 Å². The Labute approximate surface area is 226 Å². The number of imide groups is 1. The third-order valence-corrected chi connectivity index (χ3v) is 4.96. The molecule has 0 aromatic carbocycles. The van der Waals surface area contributed by atoms with Gasteiger partial charge in [-0.1, -0.05) is 27.7 Å². The molecule has 1 aliphatic heterocycles. The number of nitrogens with zero attached hydrogens (tertiary/aromatic N) is 1. The van der Waals surface area contributed by atoms with Gasteiger partial charge in [0.1, 0.15) is 6.04 Å². The molecule has 1 rings (SSSR count). The van der Waals surface area contributed by atoms with Crippen molar-refractivity contribution in [1.82, 2.24) is 15.5 Å². The maximum Gasteiger partial charge on any atom is 0.328 e. The Morgan fingerprint density at radius 3 is 1.97 bits per heavy atom. The van der Waals surface area contributed by atoms with E-state index in [2.05, 4.69) is 29.2 Å². The average molecular weight is 545 g/mol. The van der Waals surface area contributed by atoms with Gasteiger partial charge < -0.3 is 31.3 Å². The highest BCUT2D eigenvalue weighted by atomic mass is 16.5. The van der Waals surface area contributed by atoms with Crippen LogP contribution in [0.25, 0.3) is 0 Å². The number of hydrogen-bond donors (Lipinski definition) is 5. The second-order valence-corrected chi connectivity index (χ2v) is 9.42. The molecule has 0 aromatic rings. The zero-order valence-corrected chi connectivity index (χ0v) is 23.5. The van der Waals surface area contributed by atoms with Crippen LogP contribution in [-0.2, 0) is 28.7 Å². The van der Waals surface area contributed by atoms with Gasteiger partial charge in [0.15, 0.2) is 0 Å². The van der Waals surface area contributed by atoms with E-state index in [4.69, 9.17) is 15.9 Å². The van der Waals surface area contributed by atoms with Crippen LogP contribution >= 0.6 is 0 Å². The topological polar surface area (TPSA) is 188 Å². The molecule has 0 spiro atoms. The second kappa shape index (κ2) is 23.3. The zero-order chi connectivity index (χ0) is 29.5. The summed E-state index contributed by atoms with van der Waals surface area (Å²) in [6.07, 6.45) is 5.98. The minimum absolute atomic E-state index is 0.0547. The number of esters is 1. The Hall–Kier alpha value is -2.83. The van der Waals surface area contributed by atoms with E-state index in [1.54, 1.807) is 0 Å². The van der Waals surface area contributed by atoms with E-state index in [-0.39, 0.29) is 49.8 Å². The average Bonchev–Trinajstić information content (AvgIpc) is 3.17. The van der Waals surface area contributed by atoms with Gasteiger partial charge in [0.25, 0.3) is 11.8 Å². The second-order valence-electron chi connectivity index (χ2n) is 9.42. The van der Waals surface area contributed by atoms with E-state index in [0.29, 0.717) is 31.9 Å². The molecule has 1 aliphatic rings.